The van der Waals surface area contributed by atoms with E-state index in [-0.39, 0.29) is 24.5 Å². The summed E-state index contributed by atoms with van der Waals surface area (Å²) >= 11 is 0. The van der Waals surface area contributed by atoms with E-state index in [1.54, 1.807) is 0 Å². The fraction of sp³-hybridized carbons (Fsp3) is 0.829. The molecule has 0 radical (unpaired) electrons. The molecule has 0 saturated carbocycles. The molecule has 0 saturated heterocycles. The molecule has 0 aromatic carbocycles. The van der Waals surface area contributed by atoms with Gasteiger partial charge < -0.3 is 15.2 Å². The summed E-state index contributed by atoms with van der Waals surface area (Å²) in [4.78, 5) is 34.7. The maximum absolute atomic E-state index is 12.6. The SMILES string of the molecule is CCCCC/C=C\C(CCCCCCC(=O)NCC(=O)O)OC(=O)CCCCCCCCCCC/C=C\CCCCCCCCCC. The molecular formula is C41H75NO5. The fourth-order valence-electron chi connectivity index (χ4n) is 5.83. The molecule has 1 unspecified atom stereocenters. The van der Waals surface area contributed by atoms with Gasteiger partial charge in [0.05, 0.1) is 0 Å². The second-order valence-electron chi connectivity index (χ2n) is 13.5. The largest absolute Gasteiger partial charge is 0.480 e. The first-order valence-electron chi connectivity index (χ1n) is 20.0. The maximum Gasteiger partial charge on any atom is 0.322 e. The zero-order valence-electron chi connectivity index (χ0n) is 30.9. The first-order chi connectivity index (χ1) is 23.0. The van der Waals surface area contributed by atoms with Crippen LogP contribution in [0, 0.1) is 0 Å². The van der Waals surface area contributed by atoms with Gasteiger partial charge in [-0.3, -0.25) is 14.4 Å². The number of amides is 1. The Kier molecular flexibility index (Phi) is 35.1. The molecule has 2 N–H and O–H groups in total. The van der Waals surface area contributed by atoms with E-state index in [1.165, 1.54) is 122 Å². The van der Waals surface area contributed by atoms with E-state index in [1.807, 2.05) is 0 Å². The van der Waals surface area contributed by atoms with Gasteiger partial charge in [0, 0.05) is 12.8 Å². The highest BCUT2D eigenvalue weighted by Crippen LogP contribution is 2.16. The van der Waals surface area contributed by atoms with Crippen LogP contribution in [-0.4, -0.2) is 35.6 Å². The second kappa shape index (κ2) is 36.7. The normalized spacial score (nSPS) is 12.2. The van der Waals surface area contributed by atoms with E-state index in [4.69, 9.17) is 9.84 Å². The van der Waals surface area contributed by atoms with Gasteiger partial charge in [-0.1, -0.05) is 148 Å². The molecular weight excluding hydrogens is 586 g/mol. The number of carbonyl (C=O) groups excluding carboxylic acids is 2. The number of aliphatic carboxylic acids is 1. The minimum atomic E-state index is -1.03. The standard InChI is InChI=1S/C41H75NO5/c1-3-5-7-9-10-11-12-13-14-15-16-17-18-19-20-21-22-23-24-26-32-36-41(46)47-38(33-29-25-8-6-4-2)34-30-27-28-31-35-39(43)42-37-40(44)45/h15-16,29,33,38H,3-14,17-28,30-32,34-37H2,1-2H3,(H,42,43)(H,44,45)/b16-15-,33-29-. The van der Waals surface area contributed by atoms with Gasteiger partial charge in [-0.2, -0.15) is 0 Å². The topological polar surface area (TPSA) is 92.7 Å². The number of rotatable bonds is 36. The van der Waals surface area contributed by atoms with Crippen molar-refractivity contribution in [2.45, 2.75) is 213 Å². The molecule has 0 aliphatic carbocycles. The van der Waals surface area contributed by atoms with Crippen molar-refractivity contribution in [2.24, 2.45) is 0 Å². The molecule has 6 heteroatoms. The molecule has 1 amide bonds. The van der Waals surface area contributed by atoms with Crippen LogP contribution in [0.2, 0.25) is 0 Å². The van der Waals surface area contributed by atoms with E-state index >= 15 is 0 Å². The summed E-state index contributed by atoms with van der Waals surface area (Å²) in [5.41, 5.74) is 0. The van der Waals surface area contributed by atoms with Crippen molar-refractivity contribution in [3.8, 4) is 0 Å². The molecule has 1 atom stereocenters. The number of unbranched alkanes of at least 4 members (excludes halogenated alkanes) is 23. The first kappa shape index (κ1) is 44.9. The minimum absolute atomic E-state index is 0.0878. The molecule has 0 rings (SSSR count). The zero-order chi connectivity index (χ0) is 34.5. The molecule has 274 valence electrons. The number of carboxylic acid groups (broad SMARTS) is 1. The average molecular weight is 662 g/mol. The lowest BCUT2D eigenvalue weighted by Gasteiger charge is -2.15. The Bertz CT molecular complexity index is 778. The molecule has 0 aliphatic heterocycles. The number of carbonyl (C=O) groups is 3. The lowest BCUT2D eigenvalue weighted by molar-refractivity contribution is -0.147. The molecule has 0 aromatic rings. The molecule has 0 heterocycles. The Morgan fingerprint density at radius 2 is 0.979 bits per heavy atom. The van der Waals surface area contributed by atoms with Gasteiger partial charge in [0.1, 0.15) is 12.6 Å². The maximum atomic E-state index is 12.6. The van der Waals surface area contributed by atoms with Crippen LogP contribution in [0.3, 0.4) is 0 Å². The summed E-state index contributed by atoms with van der Waals surface area (Å²) in [6.45, 7) is 4.15. The highest BCUT2D eigenvalue weighted by molar-refractivity contribution is 5.80. The van der Waals surface area contributed by atoms with Crippen LogP contribution in [-0.2, 0) is 19.1 Å². The second-order valence-corrected chi connectivity index (χ2v) is 13.5. The highest BCUT2D eigenvalue weighted by Gasteiger charge is 2.12. The summed E-state index contributed by atoms with van der Waals surface area (Å²) in [6.07, 6.45) is 43.4. The minimum Gasteiger partial charge on any atom is -0.480 e. The Morgan fingerprint density at radius 3 is 1.53 bits per heavy atom. The van der Waals surface area contributed by atoms with Gasteiger partial charge in [0.15, 0.2) is 0 Å². The quantitative estimate of drug-likeness (QED) is 0.0396. The van der Waals surface area contributed by atoms with Crippen LogP contribution < -0.4 is 5.32 Å². The summed E-state index contributed by atoms with van der Waals surface area (Å²) in [5.74, 6) is -1.33. The van der Waals surface area contributed by atoms with Gasteiger partial charge >= 0.3 is 11.9 Å². The van der Waals surface area contributed by atoms with Crippen LogP contribution in [0.1, 0.15) is 206 Å². The number of hydrogen-bond donors (Lipinski definition) is 2. The van der Waals surface area contributed by atoms with E-state index in [0.29, 0.717) is 12.8 Å². The summed E-state index contributed by atoms with van der Waals surface area (Å²) in [5, 5.41) is 11.0. The van der Waals surface area contributed by atoms with Crippen LogP contribution in [0.25, 0.3) is 0 Å². The fourth-order valence-corrected chi connectivity index (χ4v) is 5.83. The molecule has 0 aliphatic rings. The van der Waals surface area contributed by atoms with E-state index < -0.39 is 5.97 Å². The first-order valence-corrected chi connectivity index (χ1v) is 20.0. The van der Waals surface area contributed by atoms with E-state index in [0.717, 1.165) is 57.8 Å². The van der Waals surface area contributed by atoms with Crippen molar-refractivity contribution >= 4 is 17.8 Å². The number of allylic oxidation sites excluding steroid dienone is 3. The van der Waals surface area contributed by atoms with E-state index in [9.17, 15) is 14.4 Å². The van der Waals surface area contributed by atoms with Crippen LogP contribution in [0.5, 0.6) is 0 Å². The molecule has 0 fully saturated rings. The lowest BCUT2D eigenvalue weighted by Crippen LogP contribution is -2.28. The zero-order valence-corrected chi connectivity index (χ0v) is 30.9. The number of nitrogens with one attached hydrogen (secondary N) is 1. The van der Waals surface area contributed by atoms with E-state index in [2.05, 4.69) is 43.5 Å². The van der Waals surface area contributed by atoms with Crippen molar-refractivity contribution in [1.29, 1.82) is 0 Å². The summed E-state index contributed by atoms with van der Waals surface area (Å²) in [7, 11) is 0. The number of carboxylic acids is 1. The third-order valence-corrected chi connectivity index (χ3v) is 8.83. The van der Waals surface area contributed by atoms with Gasteiger partial charge in [0.2, 0.25) is 5.91 Å². The molecule has 0 aromatic heterocycles. The Hall–Kier alpha value is -2.11. The third kappa shape index (κ3) is 36.6. The van der Waals surface area contributed by atoms with Gasteiger partial charge in [-0.25, -0.2) is 0 Å². The molecule has 6 nitrogen and oxygen atoms in total. The van der Waals surface area contributed by atoms with Crippen molar-refractivity contribution in [3.05, 3.63) is 24.3 Å². The van der Waals surface area contributed by atoms with Crippen LogP contribution in [0.4, 0.5) is 0 Å². The third-order valence-electron chi connectivity index (χ3n) is 8.83. The number of hydrogen-bond acceptors (Lipinski definition) is 4. The van der Waals surface area contributed by atoms with Crippen LogP contribution >= 0.6 is 0 Å². The van der Waals surface area contributed by atoms with Crippen molar-refractivity contribution in [3.63, 3.8) is 0 Å². The van der Waals surface area contributed by atoms with Crippen LogP contribution in [0.15, 0.2) is 24.3 Å². The number of esters is 1. The molecule has 0 bridgehead atoms. The smallest absolute Gasteiger partial charge is 0.322 e. The summed E-state index contributed by atoms with van der Waals surface area (Å²) < 4.78 is 5.85. The predicted octanol–water partition coefficient (Wildman–Crippen LogP) is 12.0. The van der Waals surface area contributed by atoms with Gasteiger partial charge in [-0.15, -0.1) is 0 Å². The van der Waals surface area contributed by atoms with Crippen molar-refractivity contribution in [2.75, 3.05) is 6.54 Å². The predicted molar refractivity (Wildman–Crippen MR) is 199 cm³/mol. The Labute approximate surface area is 290 Å². The Morgan fingerprint density at radius 1 is 0.553 bits per heavy atom. The highest BCUT2D eigenvalue weighted by atomic mass is 16.5. The van der Waals surface area contributed by atoms with Gasteiger partial charge in [0.25, 0.3) is 0 Å². The Balaban J connectivity index is 3.84. The molecule has 47 heavy (non-hydrogen) atoms. The monoisotopic (exact) mass is 662 g/mol. The number of ether oxygens (including phenoxy) is 1. The van der Waals surface area contributed by atoms with Crippen molar-refractivity contribution < 1.29 is 24.2 Å². The summed E-state index contributed by atoms with van der Waals surface area (Å²) in [6, 6.07) is 0. The average Bonchev–Trinajstić information content (AvgIpc) is 3.05. The molecule has 0 spiro atoms. The lowest BCUT2D eigenvalue weighted by atomic mass is 10.0. The van der Waals surface area contributed by atoms with Crippen molar-refractivity contribution in [1.82, 2.24) is 5.32 Å². The van der Waals surface area contributed by atoms with Gasteiger partial charge in [-0.05, 0) is 70.3 Å².